The quantitative estimate of drug-likeness (QED) is 0.158. The van der Waals surface area contributed by atoms with Crippen molar-refractivity contribution in [2.24, 2.45) is 0 Å². The third-order valence-corrected chi connectivity index (χ3v) is 11.8. The van der Waals surface area contributed by atoms with E-state index >= 15 is 0 Å². The van der Waals surface area contributed by atoms with Gasteiger partial charge in [0.05, 0.1) is 28.1 Å². The second kappa shape index (κ2) is 14.7. The van der Waals surface area contributed by atoms with Gasteiger partial charge in [0.15, 0.2) is 0 Å². The number of rotatable bonds is 6. The fraction of sp³-hybridized carbons (Fsp3) is 0.148. The maximum absolute atomic E-state index is 5.35. The van der Waals surface area contributed by atoms with Crippen molar-refractivity contribution < 1.29 is 0 Å². The molecule has 9 aromatic rings. The van der Waals surface area contributed by atoms with Gasteiger partial charge in [-0.25, -0.2) is 4.98 Å². The lowest BCUT2D eigenvalue weighted by atomic mass is 9.79. The third kappa shape index (κ3) is 7.17. The predicted molar refractivity (Wildman–Crippen MR) is 250 cm³/mol. The molecule has 0 saturated heterocycles. The van der Waals surface area contributed by atoms with Crippen LogP contribution in [-0.4, -0.2) is 14.5 Å². The highest BCUT2D eigenvalue weighted by atomic mass is 31.0. The molecule has 3 heterocycles. The molecule has 9 rings (SSSR count). The zero-order chi connectivity index (χ0) is 40.2. The summed E-state index contributed by atoms with van der Waals surface area (Å²) in [6, 6.07) is 59.2. The van der Waals surface area contributed by atoms with E-state index in [1.807, 2.05) is 6.20 Å². The number of nitrogens with zero attached hydrogens (tertiary/aromatic N) is 3. The Kier molecular flexibility index (Phi) is 9.46. The van der Waals surface area contributed by atoms with Crippen LogP contribution < -0.4 is 5.30 Å². The van der Waals surface area contributed by atoms with Crippen LogP contribution in [0.15, 0.2) is 170 Å². The Hall–Kier alpha value is -6.15. The third-order valence-electron chi connectivity index (χ3n) is 11.3. The van der Waals surface area contributed by atoms with Gasteiger partial charge in [-0.15, -0.1) is 9.24 Å². The molecule has 1 atom stereocenters. The standard InChI is InChI=1S/C54H48N3P/c1-53(2,3)41-28-39(29-42(34-41)54(4,5)6)40-31-48(56-49(32-40)46-20-11-13-22-52(46)58)38-16-14-15-37(27-38)47-30-36(25-26-55-47)35-23-24-45-44-19-10-12-21-50(44)57(51(45)33-35)43-17-8-7-9-18-43/h7-34H,58H2,1-6H3. The molecule has 3 aromatic heterocycles. The highest BCUT2D eigenvalue weighted by Crippen LogP contribution is 2.39. The molecule has 0 amide bonds. The Balaban J connectivity index is 1.15. The zero-order valence-corrected chi connectivity index (χ0v) is 35.2. The number of hydrogen-bond acceptors (Lipinski definition) is 2. The molecule has 0 fully saturated rings. The molecule has 3 nitrogen and oxygen atoms in total. The first-order valence-corrected chi connectivity index (χ1v) is 20.7. The van der Waals surface area contributed by atoms with Crippen molar-refractivity contribution in [2.45, 2.75) is 52.4 Å². The van der Waals surface area contributed by atoms with E-state index in [1.165, 1.54) is 38.5 Å². The topological polar surface area (TPSA) is 30.7 Å². The first-order valence-electron chi connectivity index (χ1n) is 20.1. The molecule has 0 radical (unpaired) electrons. The van der Waals surface area contributed by atoms with Crippen molar-refractivity contribution in [1.29, 1.82) is 0 Å². The summed E-state index contributed by atoms with van der Waals surface area (Å²) in [6.45, 7) is 13.8. The van der Waals surface area contributed by atoms with Crippen LogP contribution in [-0.2, 0) is 10.8 Å². The van der Waals surface area contributed by atoms with Crippen LogP contribution in [0.4, 0.5) is 0 Å². The van der Waals surface area contributed by atoms with E-state index in [1.54, 1.807) is 0 Å². The number of fused-ring (bicyclic) bond motifs is 3. The molecule has 1 unspecified atom stereocenters. The Labute approximate surface area is 344 Å². The highest BCUT2D eigenvalue weighted by molar-refractivity contribution is 7.28. The van der Waals surface area contributed by atoms with Crippen LogP contribution in [0.3, 0.4) is 0 Å². The zero-order valence-electron chi connectivity index (χ0n) is 34.1. The first-order chi connectivity index (χ1) is 27.9. The molecule has 0 spiro atoms. The van der Waals surface area contributed by atoms with Crippen molar-refractivity contribution in [3.63, 3.8) is 0 Å². The van der Waals surface area contributed by atoms with Gasteiger partial charge in [-0.1, -0.05) is 151 Å². The highest BCUT2D eigenvalue weighted by Gasteiger charge is 2.22. The summed E-state index contributed by atoms with van der Waals surface area (Å²) in [5, 5.41) is 3.61. The van der Waals surface area contributed by atoms with E-state index in [9.17, 15) is 0 Å². The summed E-state index contributed by atoms with van der Waals surface area (Å²) >= 11 is 0. The molecular weight excluding hydrogens is 722 g/mol. The number of pyridine rings is 2. The second-order valence-electron chi connectivity index (χ2n) is 17.4. The van der Waals surface area contributed by atoms with E-state index in [4.69, 9.17) is 9.97 Å². The molecule has 0 N–H and O–H groups in total. The number of hydrogen-bond donors (Lipinski definition) is 0. The smallest absolute Gasteiger partial charge is 0.0721 e. The maximum Gasteiger partial charge on any atom is 0.0721 e. The molecule has 0 saturated carbocycles. The molecule has 0 bridgehead atoms. The minimum Gasteiger partial charge on any atom is -0.309 e. The van der Waals surface area contributed by atoms with Gasteiger partial charge in [-0.05, 0) is 104 Å². The molecule has 0 aliphatic rings. The second-order valence-corrected chi connectivity index (χ2v) is 18.1. The number of benzene rings is 6. The molecule has 4 heteroatoms. The fourth-order valence-electron chi connectivity index (χ4n) is 7.98. The Bertz CT molecular complexity index is 2950. The van der Waals surface area contributed by atoms with Crippen molar-refractivity contribution in [2.75, 3.05) is 0 Å². The summed E-state index contributed by atoms with van der Waals surface area (Å²) in [7, 11) is 2.90. The van der Waals surface area contributed by atoms with E-state index in [-0.39, 0.29) is 10.8 Å². The lowest BCUT2D eigenvalue weighted by molar-refractivity contribution is 0.569. The van der Waals surface area contributed by atoms with Crippen LogP contribution in [0.5, 0.6) is 0 Å². The van der Waals surface area contributed by atoms with Gasteiger partial charge < -0.3 is 4.57 Å². The van der Waals surface area contributed by atoms with Crippen molar-refractivity contribution in [3.8, 4) is 61.7 Å². The summed E-state index contributed by atoms with van der Waals surface area (Å²) in [5.74, 6) is 0. The van der Waals surface area contributed by atoms with Gasteiger partial charge in [0, 0.05) is 39.3 Å². The summed E-state index contributed by atoms with van der Waals surface area (Å²) in [5.41, 5.74) is 16.8. The normalized spacial score (nSPS) is 12.1. The Morgan fingerprint density at radius 1 is 0.431 bits per heavy atom. The summed E-state index contributed by atoms with van der Waals surface area (Å²) in [6.07, 6.45) is 1.93. The minimum atomic E-state index is 0.00327. The average Bonchev–Trinajstić information content (AvgIpc) is 3.57. The largest absolute Gasteiger partial charge is 0.309 e. The lowest BCUT2D eigenvalue weighted by Gasteiger charge is -2.26. The Morgan fingerprint density at radius 3 is 1.78 bits per heavy atom. The Morgan fingerprint density at radius 2 is 1.03 bits per heavy atom. The van der Waals surface area contributed by atoms with Gasteiger partial charge in [0.25, 0.3) is 0 Å². The number of aromatic nitrogens is 3. The molecule has 0 aliphatic heterocycles. The molecule has 284 valence electrons. The van der Waals surface area contributed by atoms with Crippen molar-refractivity contribution in [3.05, 3.63) is 181 Å². The fourth-order valence-corrected chi connectivity index (χ4v) is 8.34. The number of para-hydroxylation sites is 2. The van der Waals surface area contributed by atoms with Crippen LogP contribution in [0.2, 0.25) is 0 Å². The van der Waals surface area contributed by atoms with Crippen molar-refractivity contribution in [1.82, 2.24) is 14.5 Å². The first kappa shape index (κ1) is 37.4. The summed E-state index contributed by atoms with van der Waals surface area (Å²) in [4.78, 5) is 10.3. The monoisotopic (exact) mass is 769 g/mol. The predicted octanol–water partition coefficient (Wildman–Crippen LogP) is 14.0. The van der Waals surface area contributed by atoms with Crippen LogP contribution >= 0.6 is 9.24 Å². The van der Waals surface area contributed by atoms with Crippen LogP contribution in [0.1, 0.15) is 52.7 Å². The van der Waals surface area contributed by atoms with Crippen LogP contribution in [0, 0.1) is 0 Å². The molecule has 58 heavy (non-hydrogen) atoms. The molecule has 6 aromatic carbocycles. The maximum atomic E-state index is 5.35. The SMILES string of the molecule is CC(C)(C)c1cc(-c2cc(-c3cccc(-c4cc(-c5ccc6c7ccccc7n(-c7ccccc7)c6c5)ccn4)c3)nc(-c3ccccc3P)c2)cc(C(C)(C)C)c1. The average molecular weight is 770 g/mol. The summed E-state index contributed by atoms with van der Waals surface area (Å²) < 4.78 is 2.37. The van der Waals surface area contributed by atoms with E-state index in [0.717, 1.165) is 61.5 Å². The van der Waals surface area contributed by atoms with Gasteiger partial charge in [0.1, 0.15) is 0 Å². The van der Waals surface area contributed by atoms with Crippen LogP contribution in [0.25, 0.3) is 83.5 Å². The molecular formula is C54H48N3P. The van der Waals surface area contributed by atoms with Crippen molar-refractivity contribution >= 4 is 36.4 Å². The van der Waals surface area contributed by atoms with Gasteiger partial charge in [0.2, 0.25) is 0 Å². The van der Waals surface area contributed by atoms with E-state index < -0.39 is 0 Å². The minimum absolute atomic E-state index is 0.00327. The van der Waals surface area contributed by atoms with Gasteiger partial charge in [-0.2, -0.15) is 0 Å². The lowest BCUT2D eigenvalue weighted by Crippen LogP contribution is -2.16. The van der Waals surface area contributed by atoms with E-state index in [0.29, 0.717) is 0 Å². The van der Waals surface area contributed by atoms with Gasteiger partial charge >= 0.3 is 0 Å². The van der Waals surface area contributed by atoms with Gasteiger partial charge in [-0.3, -0.25) is 4.98 Å². The molecule has 0 aliphatic carbocycles. The van der Waals surface area contributed by atoms with E-state index in [2.05, 4.69) is 219 Å².